The number of nitrogens with one attached hydrogen (secondary N) is 1. The summed E-state index contributed by atoms with van der Waals surface area (Å²) >= 11 is 3.44. The molecule has 8 nitrogen and oxygen atoms in total. The number of aromatic nitrogens is 4. The highest BCUT2D eigenvalue weighted by Crippen LogP contribution is 2.28. The molecule has 0 unspecified atom stereocenters. The van der Waals surface area contributed by atoms with Gasteiger partial charge in [-0.2, -0.15) is 0 Å². The number of benzene rings is 3. The summed E-state index contributed by atoms with van der Waals surface area (Å²) in [6, 6.07) is 20.2. The molecule has 170 valence electrons. The SMILES string of the molecule is Cc1cc(NC(=O)Cn2nc3c(Oc4ccccc4C)nc4ccccc4n3c2=O)ccc1Br. The van der Waals surface area contributed by atoms with Crippen LogP contribution in [0.25, 0.3) is 16.7 Å². The number of fused-ring (bicyclic) bond motifs is 3. The van der Waals surface area contributed by atoms with Gasteiger partial charge in [0.1, 0.15) is 12.3 Å². The summed E-state index contributed by atoms with van der Waals surface area (Å²) in [7, 11) is 0. The minimum atomic E-state index is -0.453. The smallest absolute Gasteiger partial charge is 0.351 e. The fraction of sp³-hybridized carbons (Fsp3) is 0.120. The number of carbonyl (C=O) groups is 1. The Bertz CT molecular complexity index is 1620. The third-order valence-corrected chi connectivity index (χ3v) is 6.30. The number of hydrogen-bond donors (Lipinski definition) is 1. The number of halogens is 1. The van der Waals surface area contributed by atoms with Crippen LogP contribution in [-0.2, 0) is 11.3 Å². The first kappa shape index (κ1) is 21.8. The molecule has 2 aromatic heterocycles. The van der Waals surface area contributed by atoms with E-state index in [2.05, 4.69) is 31.3 Å². The zero-order chi connectivity index (χ0) is 23.8. The van der Waals surface area contributed by atoms with Crippen LogP contribution in [0.2, 0.25) is 0 Å². The Morgan fingerprint density at radius 3 is 2.59 bits per heavy atom. The summed E-state index contributed by atoms with van der Waals surface area (Å²) < 4.78 is 9.56. The normalized spacial score (nSPS) is 11.1. The summed E-state index contributed by atoms with van der Waals surface area (Å²) in [5.41, 5.74) is 3.48. The van der Waals surface area contributed by atoms with Gasteiger partial charge < -0.3 is 10.1 Å². The van der Waals surface area contributed by atoms with Crippen molar-refractivity contribution in [1.29, 1.82) is 0 Å². The number of rotatable bonds is 5. The Morgan fingerprint density at radius 1 is 1.03 bits per heavy atom. The maximum Gasteiger partial charge on any atom is 0.351 e. The molecule has 2 heterocycles. The second kappa shape index (κ2) is 8.75. The quantitative estimate of drug-likeness (QED) is 0.359. The number of nitrogens with zero attached hydrogens (tertiary/aromatic N) is 4. The minimum Gasteiger partial charge on any atom is -0.436 e. The molecule has 0 aliphatic heterocycles. The van der Waals surface area contributed by atoms with Crippen molar-refractivity contribution < 1.29 is 9.53 Å². The minimum absolute atomic E-state index is 0.188. The molecule has 0 atom stereocenters. The first-order chi connectivity index (χ1) is 16.4. The molecule has 0 fully saturated rings. The molecule has 3 aromatic carbocycles. The van der Waals surface area contributed by atoms with E-state index in [1.54, 1.807) is 18.2 Å². The highest BCUT2D eigenvalue weighted by molar-refractivity contribution is 9.10. The van der Waals surface area contributed by atoms with Crippen LogP contribution in [0.1, 0.15) is 11.1 Å². The lowest BCUT2D eigenvalue weighted by Gasteiger charge is -2.09. The molecule has 1 amide bonds. The fourth-order valence-electron chi connectivity index (χ4n) is 3.68. The van der Waals surface area contributed by atoms with Crippen LogP contribution >= 0.6 is 15.9 Å². The second-order valence-corrected chi connectivity index (χ2v) is 8.74. The molecule has 9 heteroatoms. The summed E-state index contributed by atoms with van der Waals surface area (Å²) in [5, 5.41) is 7.23. The number of para-hydroxylation sites is 3. The molecule has 34 heavy (non-hydrogen) atoms. The Kier molecular flexibility index (Phi) is 5.62. The molecular formula is C25H20BrN5O3. The van der Waals surface area contributed by atoms with Crippen LogP contribution in [0.4, 0.5) is 5.69 Å². The molecular weight excluding hydrogens is 498 g/mol. The number of aryl methyl sites for hydroxylation is 2. The van der Waals surface area contributed by atoms with E-state index < -0.39 is 5.69 Å². The van der Waals surface area contributed by atoms with Gasteiger partial charge in [-0.1, -0.05) is 46.3 Å². The van der Waals surface area contributed by atoms with Crippen LogP contribution in [0.3, 0.4) is 0 Å². The van der Waals surface area contributed by atoms with Gasteiger partial charge in [-0.05, 0) is 61.4 Å². The number of carbonyl (C=O) groups excluding carboxylic acids is 1. The van der Waals surface area contributed by atoms with Crippen LogP contribution in [0.5, 0.6) is 11.6 Å². The van der Waals surface area contributed by atoms with Crippen molar-refractivity contribution in [2.75, 3.05) is 5.32 Å². The topological polar surface area (TPSA) is 90.5 Å². The summed E-state index contributed by atoms with van der Waals surface area (Å²) in [6.07, 6.45) is 0. The molecule has 0 saturated heterocycles. The van der Waals surface area contributed by atoms with Crippen molar-refractivity contribution in [1.82, 2.24) is 19.2 Å². The van der Waals surface area contributed by atoms with Crippen molar-refractivity contribution in [2.24, 2.45) is 0 Å². The molecule has 5 rings (SSSR count). The average Bonchev–Trinajstić information content (AvgIpc) is 3.14. The monoisotopic (exact) mass is 517 g/mol. The van der Waals surface area contributed by atoms with E-state index in [1.165, 1.54) is 4.40 Å². The van der Waals surface area contributed by atoms with Gasteiger partial charge in [-0.25, -0.2) is 18.9 Å². The van der Waals surface area contributed by atoms with Crippen molar-refractivity contribution in [3.63, 3.8) is 0 Å². The van der Waals surface area contributed by atoms with E-state index in [0.717, 1.165) is 20.3 Å². The second-order valence-electron chi connectivity index (χ2n) is 7.88. The highest BCUT2D eigenvalue weighted by atomic mass is 79.9. The first-order valence-corrected chi connectivity index (χ1v) is 11.4. The van der Waals surface area contributed by atoms with Crippen molar-refractivity contribution >= 4 is 44.2 Å². The lowest BCUT2D eigenvalue weighted by Crippen LogP contribution is -2.28. The van der Waals surface area contributed by atoms with Crippen LogP contribution in [-0.4, -0.2) is 25.1 Å². The lowest BCUT2D eigenvalue weighted by atomic mass is 10.2. The molecule has 0 bridgehead atoms. The largest absolute Gasteiger partial charge is 0.436 e. The maximum atomic E-state index is 13.3. The lowest BCUT2D eigenvalue weighted by molar-refractivity contribution is -0.117. The van der Waals surface area contributed by atoms with Gasteiger partial charge in [0.05, 0.1) is 11.0 Å². The third-order valence-electron chi connectivity index (χ3n) is 5.41. The molecule has 1 N–H and O–H groups in total. The number of anilines is 1. The predicted molar refractivity (Wildman–Crippen MR) is 134 cm³/mol. The number of ether oxygens (including phenoxy) is 1. The highest BCUT2D eigenvalue weighted by Gasteiger charge is 2.19. The Hall–Kier alpha value is -3.98. The Labute approximate surface area is 202 Å². The summed E-state index contributed by atoms with van der Waals surface area (Å²) in [5.74, 6) is 0.427. The van der Waals surface area contributed by atoms with Gasteiger partial charge >= 0.3 is 5.69 Å². The van der Waals surface area contributed by atoms with E-state index in [0.29, 0.717) is 22.5 Å². The zero-order valence-electron chi connectivity index (χ0n) is 18.4. The summed E-state index contributed by atoms with van der Waals surface area (Å²) in [6.45, 7) is 3.60. The number of amides is 1. The molecule has 0 spiro atoms. The molecule has 0 saturated carbocycles. The molecule has 0 aliphatic rings. The van der Waals surface area contributed by atoms with E-state index in [4.69, 9.17) is 4.74 Å². The van der Waals surface area contributed by atoms with Gasteiger partial charge in [0.15, 0.2) is 0 Å². The number of hydrogen-bond acceptors (Lipinski definition) is 5. The standard InChI is InChI=1S/C25H20BrN5O3/c1-15-7-3-6-10-21(15)34-24-23-29-30(14-22(32)27-17-11-12-18(26)16(2)13-17)25(33)31(23)20-9-5-4-8-19(20)28-24/h3-13H,14H2,1-2H3,(H,27,32). The Morgan fingerprint density at radius 2 is 1.79 bits per heavy atom. The molecule has 0 aliphatic carbocycles. The average molecular weight is 518 g/mol. The van der Waals surface area contributed by atoms with E-state index in [-0.39, 0.29) is 24.0 Å². The first-order valence-electron chi connectivity index (χ1n) is 10.6. The van der Waals surface area contributed by atoms with E-state index >= 15 is 0 Å². The van der Waals surface area contributed by atoms with Crippen molar-refractivity contribution in [2.45, 2.75) is 20.4 Å². The van der Waals surface area contributed by atoms with E-state index in [1.807, 2.05) is 62.4 Å². The zero-order valence-corrected chi connectivity index (χ0v) is 20.0. The van der Waals surface area contributed by atoms with Crippen LogP contribution in [0.15, 0.2) is 76.0 Å². The van der Waals surface area contributed by atoms with Crippen LogP contribution < -0.4 is 15.7 Å². The predicted octanol–water partition coefficient (Wildman–Crippen LogP) is 4.85. The van der Waals surface area contributed by atoms with Gasteiger partial charge in [0.25, 0.3) is 5.88 Å². The molecule has 5 aromatic rings. The van der Waals surface area contributed by atoms with Crippen molar-refractivity contribution in [3.05, 3.63) is 92.8 Å². The summed E-state index contributed by atoms with van der Waals surface area (Å²) in [4.78, 5) is 30.6. The van der Waals surface area contributed by atoms with Gasteiger partial charge in [0, 0.05) is 10.2 Å². The van der Waals surface area contributed by atoms with Gasteiger partial charge in [-0.3, -0.25) is 4.79 Å². The van der Waals surface area contributed by atoms with Gasteiger partial charge in [0.2, 0.25) is 11.6 Å². The van der Waals surface area contributed by atoms with Gasteiger partial charge in [-0.15, -0.1) is 5.10 Å². The molecule has 0 radical (unpaired) electrons. The van der Waals surface area contributed by atoms with Crippen LogP contribution in [0, 0.1) is 13.8 Å². The maximum absolute atomic E-state index is 13.3. The van der Waals surface area contributed by atoms with E-state index in [9.17, 15) is 9.59 Å². The fourth-order valence-corrected chi connectivity index (χ4v) is 3.92. The van der Waals surface area contributed by atoms with Crippen molar-refractivity contribution in [3.8, 4) is 11.6 Å². The Balaban J connectivity index is 1.56. The third kappa shape index (κ3) is 4.06.